The Kier molecular flexibility index (Phi) is 4.70. The summed E-state index contributed by atoms with van der Waals surface area (Å²) in [5.41, 5.74) is 5.15. The van der Waals surface area contributed by atoms with Gasteiger partial charge in [0, 0.05) is 37.8 Å². The molecule has 1 aromatic heterocycles. The number of amides is 1. The molecule has 27 heavy (non-hydrogen) atoms. The van der Waals surface area contributed by atoms with Crippen LogP contribution in [0.2, 0.25) is 0 Å². The van der Waals surface area contributed by atoms with E-state index in [2.05, 4.69) is 53.0 Å². The van der Waals surface area contributed by atoms with Gasteiger partial charge < -0.3 is 9.88 Å². The second-order valence-electron chi connectivity index (χ2n) is 7.62. The zero-order chi connectivity index (χ0) is 19.0. The van der Waals surface area contributed by atoms with E-state index < -0.39 is 0 Å². The van der Waals surface area contributed by atoms with Crippen LogP contribution in [0.25, 0.3) is 11.0 Å². The van der Waals surface area contributed by atoms with Crippen molar-refractivity contribution in [2.45, 2.75) is 33.4 Å². The summed E-state index contributed by atoms with van der Waals surface area (Å²) < 4.78 is 0. The predicted molar refractivity (Wildman–Crippen MR) is 108 cm³/mol. The largest absolute Gasteiger partial charge is 0.342 e. The summed E-state index contributed by atoms with van der Waals surface area (Å²) in [6, 6.07) is 14.6. The molecule has 5 heteroatoms. The molecule has 0 saturated carbocycles. The minimum atomic E-state index is 0.0973. The molecule has 1 fully saturated rings. The van der Waals surface area contributed by atoms with Gasteiger partial charge in [0.05, 0.1) is 11.0 Å². The number of aryl methyl sites for hydroxylation is 2. The maximum absolute atomic E-state index is 13.0. The van der Waals surface area contributed by atoms with Crippen molar-refractivity contribution >= 4 is 16.9 Å². The highest BCUT2D eigenvalue weighted by Gasteiger charge is 2.28. The fraction of sp³-hybridized carbons (Fsp3) is 0.364. The molecular weight excluding hydrogens is 336 g/mol. The Bertz CT molecular complexity index is 960. The summed E-state index contributed by atoms with van der Waals surface area (Å²) in [5, 5.41) is 0. The number of carbonyl (C=O) groups is 1. The van der Waals surface area contributed by atoms with Crippen LogP contribution < -0.4 is 0 Å². The fourth-order valence-electron chi connectivity index (χ4n) is 3.86. The van der Waals surface area contributed by atoms with Gasteiger partial charge >= 0.3 is 0 Å². The lowest BCUT2D eigenvalue weighted by atomic mass is 10.1. The minimum Gasteiger partial charge on any atom is -0.342 e. The van der Waals surface area contributed by atoms with Gasteiger partial charge in [0.15, 0.2) is 0 Å². The molecule has 1 N–H and O–H groups in total. The molecule has 0 aliphatic carbocycles. The SMILES string of the molecule is Cc1ccc(CN2CCN(C(=O)c3ccc4[nH]c(C)nc4c3)C(C)C2)cc1. The smallest absolute Gasteiger partial charge is 0.254 e. The average molecular weight is 362 g/mol. The molecule has 140 valence electrons. The maximum Gasteiger partial charge on any atom is 0.254 e. The lowest BCUT2D eigenvalue weighted by molar-refractivity contribution is 0.0475. The number of carbonyl (C=O) groups excluding carboxylic acids is 1. The maximum atomic E-state index is 13.0. The molecule has 2 aromatic carbocycles. The predicted octanol–water partition coefficient (Wildman–Crippen LogP) is 3.53. The number of hydrogen-bond donors (Lipinski definition) is 1. The van der Waals surface area contributed by atoms with Gasteiger partial charge in [-0.05, 0) is 44.5 Å². The highest BCUT2D eigenvalue weighted by atomic mass is 16.2. The molecule has 1 saturated heterocycles. The van der Waals surface area contributed by atoms with Gasteiger partial charge in [-0.2, -0.15) is 0 Å². The highest BCUT2D eigenvalue weighted by molar-refractivity contribution is 5.97. The second-order valence-corrected chi connectivity index (χ2v) is 7.62. The van der Waals surface area contributed by atoms with Crippen LogP contribution in [-0.2, 0) is 6.54 Å². The van der Waals surface area contributed by atoms with Gasteiger partial charge in [-0.25, -0.2) is 4.98 Å². The summed E-state index contributed by atoms with van der Waals surface area (Å²) in [6.07, 6.45) is 0. The molecule has 1 aliphatic rings. The first-order valence-corrected chi connectivity index (χ1v) is 9.55. The summed E-state index contributed by atoms with van der Waals surface area (Å²) in [4.78, 5) is 25.1. The van der Waals surface area contributed by atoms with Crippen molar-refractivity contribution in [1.29, 1.82) is 0 Å². The van der Waals surface area contributed by atoms with Crippen molar-refractivity contribution in [3.63, 3.8) is 0 Å². The van der Waals surface area contributed by atoms with E-state index in [9.17, 15) is 4.79 Å². The highest BCUT2D eigenvalue weighted by Crippen LogP contribution is 2.19. The quantitative estimate of drug-likeness (QED) is 0.775. The van der Waals surface area contributed by atoms with Gasteiger partial charge in [0.2, 0.25) is 0 Å². The summed E-state index contributed by atoms with van der Waals surface area (Å²) in [7, 11) is 0. The Balaban J connectivity index is 1.43. The Morgan fingerprint density at radius 2 is 1.93 bits per heavy atom. The molecule has 2 heterocycles. The number of fused-ring (bicyclic) bond motifs is 1. The second kappa shape index (κ2) is 7.16. The van der Waals surface area contributed by atoms with Crippen LogP contribution in [0.15, 0.2) is 42.5 Å². The van der Waals surface area contributed by atoms with Gasteiger partial charge in [-0.15, -0.1) is 0 Å². The topological polar surface area (TPSA) is 52.2 Å². The Hall–Kier alpha value is -2.66. The number of aromatic nitrogens is 2. The number of nitrogens with zero attached hydrogens (tertiary/aromatic N) is 3. The Morgan fingerprint density at radius 1 is 1.15 bits per heavy atom. The zero-order valence-corrected chi connectivity index (χ0v) is 16.2. The molecule has 4 rings (SSSR count). The summed E-state index contributed by atoms with van der Waals surface area (Å²) in [5.74, 6) is 0.965. The van der Waals surface area contributed by atoms with E-state index in [-0.39, 0.29) is 11.9 Å². The van der Waals surface area contributed by atoms with Crippen molar-refractivity contribution < 1.29 is 4.79 Å². The van der Waals surface area contributed by atoms with Crippen LogP contribution in [0.1, 0.15) is 34.2 Å². The van der Waals surface area contributed by atoms with Crippen LogP contribution in [0.5, 0.6) is 0 Å². The number of piperazine rings is 1. The molecule has 0 bridgehead atoms. The fourth-order valence-corrected chi connectivity index (χ4v) is 3.86. The number of H-pyrrole nitrogens is 1. The van der Waals surface area contributed by atoms with E-state index in [4.69, 9.17) is 0 Å². The van der Waals surface area contributed by atoms with Crippen molar-refractivity contribution in [2.75, 3.05) is 19.6 Å². The molecule has 1 amide bonds. The van der Waals surface area contributed by atoms with E-state index in [0.717, 1.165) is 43.0 Å². The minimum absolute atomic E-state index is 0.0973. The van der Waals surface area contributed by atoms with Crippen LogP contribution in [0, 0.1) is 13.8 Å². The number of rotatable bonds is 3. The van der Waals surface area contributed by atoms with Crippen LogP contribution in [0.4, 0.5) is 0 Å². The van der Waals surface area contributed by atoms with Crippen LogP contribution in [-0.4, -0.2) is 51.4 Å². The van der Waals surface area contributed by atoms with Crippen LogP contribution in [0.3, 0.4) is 0 Å². The lowest BCUT2D eigenvalue weighted by Gasteiger charge is -2.40. The molecule has 3 aromatic rings. The first-order chi connectivity index (χ1) is 13.0. The van der Waals surface area contributed by atoms with Crippen molar-refractivity contribution in [3.8, 4) is 0 Å². The molecular formula is C22H26N4O. The molecule has 0 spiro atoms. The third kappa shape index (κ3) is 3.74. The summed E-state index contributed by atoms with van der Waals surface area (Å²) >= 11 is 0. The first kappa shape index (κ1) is 17.7. The zero-order valence-electron chi connectivity index (χ0n) is 16.2. The average Bonchev–Trinajstić information content (AvgIpc) is 3.02. The molecule has 1 atom stereocenters. The Labute approximate surface area is 160 Å². The third-order valence-electron chi connectivity index (χ3n) is 5.35. The van der Waals surface area contributed by atoms with Crippen LogP contribution >= 0.6 is 0 Å². The third-order valence-corrected chi connectivity index (χ3v) is 5.35. The number of benzene rings is 2. The number of aromatic amines is 1. The van der Waals surface area contributed by atoms with Gasteiger partial charge in [-0.3, -0.25) is 9.69 Å². The number of hydrogen-bond acceptors (Lipinski definition) is 3. The molecule has 0 radical (unpaired) electrons. The standard InChI is InChI=1S/C22H26N4O/c1-15-4-6-18(7-5-15)14-25-10-11-26(16(2)13-25)22(27)19-8-9-20-21(12-19)24-17(3)23-20/h4-9,12,16H,10-11,13-14H2,1-3H3,(H,23,24). The van der Waals surface area contributed by atoms with Gasteiger partial charge in [0.25, 0.3) is 5.91 Å². The molecule has 5 nitrogen and oxygen atoms in total. The van der Waals surface area contributed by atoms with Crippen molar-refractivity contribution in [3.05, 3.63) is 65.0 Å². The molecule has 1 aliphatic heterocycles. The van der Waals surface area contributed by atoms with Gasteiger partial charge in [-0.1, -0.05) is 29.8 Å². The lowest BCUT2D eigenvalue weighted by Crippen LogP contribution is -2.53. The Morgan fingerprint density at radius 3 is 2.67 bits per heavy atom. The monoisotopic (exact) mass is 362 g/mol. The van der Waals surface area contributed by atoms with E-state index >= 15 is 0 Å². The molecule has 1 unspecified atom stereocenters. The van der Waals surface area contributed by atoms with Crippen molar-refractivity contribution in [1.82, 2.24) is 19.8 Å². The van der Waals surface area contributed by atoms with Gasteiger partial charge in [0.1, 0.15) is 5.82 Å². The summed E-state index contributed by atoms with van der Waals surface area (Å²) in [6.45, 7) is 9.65. The van der Waals surface area contributed by atoms with Crippen molar-refractivity contribution in [2.24, 2.45) is 0 Å². The van der Waals surface area contributed by atoms with E-state index in [1.807, 2.05) is 30.0 Å². The van der Waals surface area contributed by atoms with E-state index in [0.29, 0.717) is 5.56 Å². The first-order valence-electron chi connectivity index (χ1n) is 9.55. The number of nitrogens with one attached hydrogen (secondary N) is 1. The number of imidazole rings is 1. The van der Waals surface area contributed by atoms with E-state index in [1.165, 1.54) is 11.1 Å². The normalized spacial score (nSPS) is 18.2. The van der Waals surface area contributed by atoms with E-state index in [1.54, 1.807) is 0 Å².